The van der Waals surface area contributed by atoms with Gasteiger partial charge in [0.2, 0.25) is 0 Å². The van der Waals surface area contributed by atoms with E-state index >= 15 is 0 Å². The van der Waals surface area contributed by atoms with Gasteiger partial charge in [-0.05, 0) is 25.0 Å². The van der Waals surface area contributed by atoms with Crippen LogP contribution in [0.5, 0.6) is 0 Å². The lowest BCUT2D eigenvalue weighted by molar-refractivity contribution is 0.281. The molecular weight excluding hydrogens is 244 g/mol. The normalized spacial score (nSPS) is 12.6. The van der Waals surface area contributed by atoms with Gasteiger partial charge in [-0.2, -0.15) is 0 Å². The lowest BCUT2D eigenvalue weighted by Crippen LogP contribution is -2.17. The number of hydrogen-bond donors (Lipinski definition) is 2. The molecule has 2 N–H and O–H groups in total. The van der Waals surface area contributed by atoms with Gasteiger partial charge in [-0.25, -0.2) is 4.98 Å². The second-order valence-electron chi connectivity index (χ2n) is 4.35. The summed E-state index contributed by atoms with van der Waals surface area (Å²) >= 11 is 1.72. The highest BCUT2D eigenvalue weighted by molar-refractivity contribution is 7.11. The Morgan fingerprint density at radius 2 is 2.28 bits per heavy atom. The van der Waals surface area contributed by atoms with Crippen molar-refractivity contribution in [3.8, 4) is 0 Å². The fraction of sp³-hybridized carbons (Fsp3) is 0.357. The van der Waals surface area contributed by atoms with E-state index in [0.717, 1.165) is 17.1 Å². The van der Waals surface area contributed by atoms with Crippen LogP contribution in [-0.2, 0) is 13.2 Å². The molecule has 0 amide bonds. The van der Waals surface area contributed by atoms with Crippen molar-refractivity contribution < 1.29 is 5.11 Å². The highest BCUT2D eigenvalue weighted by Crippen LogP contribution is 2.17. The average molecular weight is 262 g/mol. The molecule has 0 saturated carbocycles. The molecule has 0 aliphatic heterocycles. The Morgan fingerprint density at radius 1 is 1.44 bits per heavy atom. The van der Waals surface area contributed by atoms with E-state index in [9.17, 15) is 0 Å². The lowest BCUT2D eigenvalue weighted by atomic mass is 10.1. The van der Waals surface area contributed by atoms with Crippen LogP contribution in [0.1, 0.15) is 34.0 Å². The van der Waals surface area contributed by atoms with Crippen molar-refractivity contribution in [2.24, 2.45) is 0 Å². The Bertz CT molecular complexity index is 510. The first-order valence-electron chi connectivity index (χ1n) is 6.03. The number of aliphatic hydroxyl groups excluding tert-OH is 1. The highest BCUT2D eigenvalue weighted by atomic mass is 32.1. The molecule has 2 rings (SSSR count). The molecule has 0 bridgehead atoms. The van der Waals surface area contributed by atoms with Crippen molar-refractivity contribution >= 4 is 11.3 Å². The van der Waals surface area contributed by atoms with Crippen LogP contribution in [-0.4, -0.2) is 10.1 Å². The molecule has 4 heteroatoms. The van der Waals surface area contributed by atoms with E-state index < -0.39 is 0 Å². The van der Waals surface area contributed by atoms with Gasteiger partial charge in [0.25, 0.3) is 0 Å². The minimum absolute atomic E-state index is 0.0919. The standard InChI is InChI=1S/C14H18N2OS/c1-10(13-5-3-4-12(6-13)9-17)15-7-14-8-16-11(2)18-14/h3-6,8,10,15,17H,7,9H2,1-2H3. The van der Waals surface area contributed by atoms with Crippen molar-refractivity contribution in [3.05, 3.63) is 51.5 Å². The average Bonchev–Trinajstić information content (AvgIpc) is 2.82. The predicted molar refractivity (Wildman–Crippen MR) is 74.5 cm³/mol. The topological polar surface area (TPSA) is 45.2 Å². The number of benzene rings is 1. The molecule has 0 spiro atoms. The third-order valence-corrected chi connectivity index (χ3v) is 3.80. The molecule has 0 radical (unpaired) electrons. The van der Waals surface area contributed by atoms with Crippen LogP contribution in [0.25, 0.3) is 0 Å². The number of thiazole rings is 1. The van der Waals surface area contributed by atoms with E-state index in [1.165, 1.54) is 10.4 Å². The van der Waals surface area contributed by atoms with Crippen LogP contribution in [0.15, 0.2) is 30.5 Å². The molecule has 0 fully saturated rings. The van der Waals surface area contributed by atoms with Gasteiger partial charge < -0.3 is 10.4 Å². The first-order chi connectivity index (χ1) is 8.69. The first kappa shape index (κ1) is 13.2. The van der Waals surface area contributed by atoms with Crippen molar-refractivity contribution in [1.29, 1.82) is 0 Å². The zero-order valence-electron chi connectivity index (χ0n) is 10.7. The molecule has 96 valence electrons. The number of nitrogens with one attached hydrogen (secondary N) is 1. The molecule has 0 aliphatic carbocycles. The van der Waals surface area contributed by atoms with Gasteiger partial charge in [-0.1, -0.05) is 24.3 Å². The number of aliphatic hydroxyl groups is 1. The number of aromatic nitrogens is 1. The SMILES string of the molecule is Cc1ncc(CNC(C)c2cccc(CO)c2)s1. The van der Waals surface area contributed by atoms with Crippen LogP contribution in [0.4, 0.5) is 0 Å². The molecule has 0 saturated heterocycles. The summed E-state index contributed by atoms with van der Waals surface area (Å²) in [7, 11) is 0. The van der Waals surface area contributed by atoms with E-state index in [-0.39, 0.29) is 12.6 Å². The van der Waals surface area contributed by atoms with E-state index in [1.54, 1.807) is 11.3 Å². The number of aryl methyl sites for hydroxylation is 1. The summed E-state index contributed by atoms with van der Waals surface area (Å²) in [6.07, 6.45) is 1.92. The molecule has 18 heavy (non-hydrogen) atoms. The predicted octanol–water partition coefficient (Wildman–Crippen LogP) is 2.79. The summed E-state index contributed by atoms with van der Waals surface area (Å²) in [6, 6.07) is 8.29. The third-order valence-electron chi connectivity index (χ3n) is 2.89. The Morgan fingerprint density at radius 3 is 2.94 bits per heavy atom. The Kier molecular flexibility index (Phi) is 4.47. The maximum atomic E-state index is 9.13. The summed E-state index contributed by atoms with van der Waals surface area (Å²) in [4.78, 5) is 5.49. The largest absolute Gasteiger partial charge is 0.392 e. The zero-order chi connectivity index (χ0) is 13.0. The fourth-order valence-electron chi connectivity index (χ4n) is 1.82. The molecule has 2 aromatic rings. The molecule has 0 aliphatic rings. The molecule has 1 aromatic heterocycles. The maximum Gasteiger partial charge on any atom is 0.0897 e. The van der Waals surface area contributed by atoms with E-state index in [2.05, 4.69) is 23.3 Å². The third kappa shape index (κ3) is 3.38. The highest BCUT2D eigenvalue weighted by Gasteiger charge is 2.06. The minimum Gasteiger partial charge on any atom is -0.392 e. The van der Waals surface area contributed by atoms with Crippen LogP contribution in [0.3, 0.4) is 0 Å². The van der Waals surface area contributed by atoms with Crippen molar-refractivity contribution in [2.45, 2.75) is 33.0 Å². The Balaban J connectivity index is 1.96. The van der Waals surface area contributed by atoms with E-state index in [0.29, 0.717) is 0 Å². The van der Waals surface area contributed by atoms with Crippen LogP contribution in [0, 0.1) is 6.92 Å². The number of nitrogens with zero attached hydrogens (tertiary/aromatic N) is 1. The smallest absolute Gasteiger partial charge is 0.0897 e. The quantitative estimate of drug-likeness (QED) is 0.871. The molecule has 3 nitrogen and oxygen atoms in total. The van der Waals surface area contributed by atoms with E-state index in [4.69, 9.17) is 5.11 Å². The van der Waals surface area contributed by atoms with Gasteiger partial charge in [-0.15, -0.1) is 11.3 Å². The van der Waals surface area contributed by atoms with Gasteiger partial charge in [0, 0.05) is 23.7 Å². The number of hydrogen-bond acceptors (Lipinski definition) is 4. The van der Waals surface area contributed by atoms with Crippen molar-refractivity contribution in [3.63, 3.8) is 0 Å². The van der Waals surface area contributed by atoms with Gasteiger partial charge in [0.1, 0.15) is 0 Å². The Hall–Kier alpha value is -1.23. The lowest BCUT2D eigenvalue weighted by Gasteiger charge is -2.14. The van der Waals surface area contributed by atoms with E-state index in [1.807, 2.05) is 31.3 Å². The van der Waals surface area contributed by atoms with Gasteiger partial charge in [-0.3, -0.25) is 0 Å². The molecule has 1 atom stereocenters. The second kappa shape index (κ2) is 6.09. The van der Waals surface area contributed by atoms with Crippen molar-refractivity contribution in [1.82, 2.24) is 10.3 Å². The number of rotatable bonds is 5. The van der Waals surface area contributed by atoms with Crippen LogP contribution in [0.2, 0.25) is 0 Å². The fourth-order valence-corrected chi connectivity index (χ4v) is 2.57. The summed E-state index contributed by atoms with van der Waals surface area (Å²) in [6.45, 7) is 5.07. The molecule has 1 unspecified atom stereocenters. The van der Waals surface area contributed by atoms with Gasteiger partial charge >= 0.3 is 0 Å². The summed E-state index contributed by atoms with van der Waals surface area (Å²) in [5.41, 5.74) is 2.15. The summed E-state index contributed by atoms with van der Waals surface area (Å²) in [5.74, 6) is 0. The second-order valence-corrected chi connectivity index (χ2v) is 5.67. The summed E-state index contributed by atoms with van der Waals surface area (Å²) in [5, 5.41) is 13.7. The molecule has 1 aromatic carbocycles. The van der Waals surface area contributed by atoms with Crippen LogP contribution >= 0.6 is 11.3 Å². The van der Waals surface area contributed by atoms with Gasteiger partial charge in [0.15, 0.2) is 0 Å². The molecular formula is C14H18N2OS. The van der Waals surface area contributed by atoms with Crippen LogP contribution < -0.4 is 5.32 Å². The van der Waals surface area contributed by atoms with Crippen molar-refractivity contribution in [2.75, 3.05) is 0 Å². The maximum absolute atomic E-state index is 9.13. The summed E-state index contributed by atoms with van der Waals surface area (Å²) < 4.78 is 0. The Labute approximate surface area is 112 Å². The monoisotopic (exact) mass is 262 g/mol. The first-order valence-corrected chi connectivity index (χ1v) is 6.85. The molecule has 1 heterocycles. The van der Waals surface area contributed by atoms with Gasteiger partial charge in [0.05, 0.1) is 11.6 Å². The zero-order valence-corrected chi connectivity index (χ0v) is 11.5. The minimum atomic E-state index is 0.0919.